The van der Waals surface area contributed by atoms with Gasteiger partial charge in [-0.2, -0.15) is 0 Å². The van der Waals surface area contributed by atoms with Crippen LogP contribution in [0.4, 0.5) is 0 Å². The van der Waals surface area contributed by atoms with Crippen molar-refractivity contribution >= 4 is 5.71 Å². The molecule has 0 radical (unpaired) electrons. The minimum absolute atomic E-state index is 0.514. The van der Waals surface area contributed by atoms with Crippen molar-refractivity contribution in [1.29, 1.82) is 5.41 Å². The van der Waals surface area contributed by atoms with Crippen LogP contribution < -0.4 is 0 Å². The molecule has 0 saturated heterocycles. The zero-order chi connectivity index (χ0) is 18.5. The Labute approximate surface area is 97.6 Å². The first-order valence-electron chi connectivity index (χ1n) is 8.75. The molecule has 0 amide bonds. The quantitative estimate of drug-likeness (QED) is 0.705. The minimum atomic E-state index is -0.719. The molecule has 0 heterocycles. The van der Waals surface area contributed by atoms with E-state index in [2.05, 4.69) is 0 Å². The molecule has 0 fully saturated rings. The lowest BCUT2D eigenvalue weighted by Crippen LogP contribution is -1.99. The lowest BCUT2D eigenvalue weighted by Gasteiger charge is -2.02. The topological polar surface area (TPSA) is 23.9 Å². The molecule has 2 aromatic carbocycles. The maximum absolute atomic E-state index is 8.13. The Hall–Kier alpha value is -1.89. The van der Waals surface area contributed by atoms with Crippen LogP contribution in [0.15, 0.2) is 60.4 Å². The maximum Gasteiger partial charge on any atom is 0.0684 e. The van der Waals surface area contributed by atoms with Crippen molar-refractivity contribution in [3.05, 3.63) is 71.6 Å². The molecule has 0 aromatic heterocycles. The Bertz CT molecular complexity index is 760. The SMILES string of the molecule is [2H]c1c([2H])c([2H])c(C(=N)c2c([2H])c([2H])c([2H])c([2H])c2[2H])c([2H])c1[2H]. The van der Waals surface area contributed by atoms with Crippen molar-refractivity contribution < 1.29 is 13.7 Å². The van der Waals surface area contributed by atoms with E-state index in [1.165, 1.54) is 0 Å². The molecule has 0 aliphatic carbocycles. The van der Waals surface area contributed by atoms with Gasteiger partial charge in [-0.1, -0.05) is 60.4 Å². The van der Waals surface area contributed by atoms with Crippen LogP contribution in [0.5, 0.6) is 0 Å². The van der Waals surface area contributed by atoms with E-state index in [0.717, 1.165) is 0 Å². The number of nitrogens with one attached hydrogen (secondary N) is 1. The first kappa shape index (κ1) is 2.80. The molecular weight excluding hydrogens is 170 g/mol. The minimum Gasteiger partial charge on any atom is -0.300 e. The van der Waals surface area contributed by atoms with Gasteiger partial charge in [-0.05, 0) is 11.1 Å². The highest BCUT2D eigenvalue weighted by Gasteiger charge is 2.01. The van der Waals surface area contributed by atoms with Gasteiger partial charge in [0, 0.05) is 0 Å². The molecule has 2 aromatic rings. The lowest BCUT2D eigenvalue weighted by atomic mass is 10.0. The van der Waals surface area contributed by atoms with E-state index in [1.54, 1.807) is 0 Å². The third kappa shape index (κ3) is 1.72. The van der Waals surface area contributed by atoms with Crippen LogP contribution in [-0.4, -0.2) is 5.71 Å². The fraction of sp³-hybridized carbons (Fsp3) is 0. The highest BCUT2D eigenvalue weighted by Crippen LogP contribution is 2.08. The highest BCUT2D eigenvalue weighted by atomic mass is 14.4. The molecule has 0 spiro atoms. The summed E-state index contributed by atoms with van der Waals surface area (Å²) in [5, 5.41) is 8.13. The molecule has 0 unspecified atom stereocenters. The van der Waals surface area contributed by atoms with Crippen LogP contribution in [0.3, 0.4) is 0 Å². The van der Waals surface area contributed by atoms with E-state index in [0.29, 0.717) is 0 Å². The van der Waals surface area contributed by atoms with Gasteiger partial charge in [0.1, 0.15) is 0 Å². The lowest BCUT2D eigenvalue weighted by molar-refractivity contribution is 1.46. The second-order valence-corrected chi connectivity index (χ2v) is 2.38. The molecule has 1 nitrogen and oxygen atoms in total. The average molecular weight is 191 g/mol. The van der Waals surface area contributed by atoms with Crippen LogP contribution in [-0.2, 0) is 0 Å². The molecule has 0 atom stereocenters. The Morgan fingerprint density at radius 1 is 0.786 bits per heavy atom. The predicted molar refractivity (Wildman–Crippen MR) is 58.8 cm³/mol. The van der Waals surface area contributed by atoms with Gasteiger partial charge >= 0.3 is 0 Å². The second-order valence-electron chi connectivity index (χ2n) is 2.38. The third-order valence-corrected chi connectivity index (χ3v) is 1.50. The van der Waals surface area contributed by atoms with Gasteiger partial charge in [0.05, 0.1) is 19.4 Å². The smallest absolute Gasteiger partial charge is 0.0684 e. The molecular formula is C13H11N. The normalized spacial score (nSPS) is 19.7. The third-order valence-electron chi connectivity index (χ3n) is 1.50. The molecule has 0 aliphatic rings. The summed E-state index contributed by atoms with van der Waals surface area (Å²) in [5.41, 5.74) is -1.75. The Balaban J connectivity index is 2.87. The van der Waals surface area contributed by atoms with Crippen molar-refractivity contribution in [1.82, 2.24) is 0 Å². The fourth-order valence-electron chi connectivity index (χ4n) is 0.875. The zero-order valence-electron chi connectivity index (χ0n) is 17.0. The maximum atomic E-state index is 8.13. The Morgan fingerprint density at radius 2 is 1.14 bits per heavy atom. The number of benzene rings is 2. The first-order valence-corrected chi connectivity index (χ1v) is 3.75. The monoisotopic (exact) mass is 191 g/mol. The van der Waals surface area contributed by atoms with Crippen molar-refractivity contribution in [3.63, 3.8) is 0 Å². The van der Waals surface area contributed by atoms with Crippen molar-refractivity contribution in [2.24, 2.45) is 0 Å². The molecule has 1 N–H and O–H groups in total. The van der Waals surface area contributed by atoms with Crippen LogP contribution in [0.1, 0.15) is 24.8 Å². The van der Waals surface area contributed by atoms with Gasteiger partial charge in [-0.3, -0.25) is 5.41 Å². The largest absolute Gasteiger partial charge is 0.300 e. The van der Waals surface area contributed by atoms with Crippen LogP contribution >= 0.6 is 0 Å². The highest BCUT2D eigenvalue weighted by molar-refractivity contribution is 6.10. The van der Waals surface area contributed by atoms with Gasteiger partial charge in [0.25, 0.3) is 0 Å². The molecule has 14 heavy (non-hydrogen) atoms. The van der Waals surface area contributed by atoms with E-state index in [9.17, 15) is 0 Å². The summed E-state index contributed by atoms with van der Waals surface area (Å²) in [6.07, 6.45) is 0. The molecule has 0 aliphatic heterocycles. The van der Waals surface area contributed by atoms with Crippen LogP contribution in [0.25, 0.3) is 0 Å². The number of hydrogen-bond acceptors (Lipinski definition) is 1. The standard InChI is InChI=1S/C13H11N/c14-13(11-7-3-1-4-8-11)12-9-5-2-6-10-12/h1-10,14H/i1D,2D,3D,4D,5D,6D,7D,8D,9D,10D. The van der Waals surface area contributed by atoms with E-state index in [1.807, 2.05) is 0 Å². The van der Waals surface area contributed by atoms with Gasteiger partial charge in [0.15, 0.2) is 0 Å². The van der Waals surface area contributed by atoms with Gasteiger partial charge in [-0.25, -0.2) is 0 Å². The van der Waals surface area contributed by atoms with Crippen molar-refractivity contribution in [2.45, 2.75) is 0 Å². The molecule has 1 heteroatoms. The van der Waals surface area contributed by atoms with Crippen LogP contribution in [0, 0.1) is 5.41 Å². The fourth-order valence-corrected chi connectivity index (χ4v) is 0.875. The zero-order valence-corrected chi connectivity index (χ0v) is 7.00. The Morgan fingerprint density at radius 3 is 1.50 bits per heavy atom. The average Bonchev–Trinajstić information content (AvgIpc) is 2.55. The van der Waals surface area contributed by atoms with Gasteiger partial charge in [0.2, 0.25) is 0 Å². The first-order chi connectivity index (χ1) is 11.0. The summed E-state index contributed by atoms with van der Waals surface area (Å²) in [6, 6.07) is -6.60. The van der Waals surface area contributed by atoms with Crippen molar-refractivity contribution in [3.8, 4) is 0 Å². The summed E-state index contributed by atoms with van der Waals surface area (Å²) in [5.74, 6) is 0. The summed E-state index contributed by atoms with van der Waals surface area (Å²) in [6.45, 7) is 0. The summed E-state index contributed by atoms with van der Waals surface area (Å²) < 4.78 is 76.9. The van der Waals surface area contributed by atoms with E-state index < -0.39 is 77.3 Å². The van der Waals surface area contributed by atoms with Crippen LogP contribution in [0.2, 0.25) is 0 Å². The predicted octanol–water partition coefficient (Wildman–Crippen LogP) is 3.10. The summed E-state index contributed by atoms with van der Waals surface area (Å²) in [4.78, 5) is 0. The van der Waals surface area contributed by atoms with Gasteiger partial charge in [-0.15, -0.1) is 0 Å². The van der Waals surface area contributed by atoms with E-state index in [-0.39, 0.29) is 0 Å². The molecule has 2 rings (SSSR count). The number of rotatable bonds is 2. The van der Waals surface area contributed by atoms with Crippen molar-refractivity contribution in [2.75, 3.05) is 0 Å². The second kappa shape index (κ2) is 3.88. The molecule has 68 valence electrons. The molecule has 0 saturated carbocycles. The van der Waals surface area contributed by atoms with E-state index >= 15 is 0 Å². The Kier molecular flexibility index (Phi) is 0.775. The van der Waals surface area contributed by atoms with Gasteiger partial charge < -0.3 is 0 Å². The van der Waals surface area contributed by atoms with E-state index in [4.69, 9.17) is 19.1 Å². The summed E-state index contributed by atoms with van der Waals surface area (Å²) in [7, 11) is 0. The molecule has 0 bridgehead atoms. The number of hydrogen-bond donors (Lipinski definition) is 1. The summed E-state index contributed by atoms with van der Waals surface area (Å²) >= 11 is 0.